The molecule has 0 spiro atoms. The van der Waals surface area contributed by atoms with Crippen molar-refractivity contribution in [2.24, 2.45) is 5.73 Å². The number of hydrogen-bond donors (Lipinski definition) is 3. The number of primary amides is 1. The van der Waals surface area contributed by atoms with Crippen molar-refractivity contribution in [3.63, 3.8) is 0 Å². The van der Waals surface area contributed by atoms with Gasteiger partial charge in [0.25, 0.3) is 5.91 Å². The second-order valence-electron chi connectivity index (χ2n) is 4.90. The van der Waals surface area contributed by atoms with Crippen LogP contribution in [0.3, 0.4) is 0 Å². The molecule has 2 amide bonds. The van der Waals surface area contributed by atoms with Crippen LogP contribution in [0.25, 0.3) is 10.4 Å². The number of hydrogen-bond acceptors (Lipinski definition) is 4. The fourth-order valence-corrected chi connectivity index (χ4v) is 3.01. The zero-order valence-corrected chi connectivity index (χ0v) is 12.9. The van der Waals surface area contributed by atoms with Crippen molar-refractivity contribution >= 4 is 23.2 Å². The Hall–Kier alpha value is -2.93. The SMILES string of the molecule is NC(=O)c1cccc(CNC(=O)c2ccc(-c3cn[nH]c3)s2)c1. The fourth-order valence-electron chi connectivity index (χ4n) is 2.10. The highest BCUT2D eigenvalue weighted by atomic mass is 32.1. The van der Waals surface area contributed by atoms with Gasteiger partial charge in [0.2, 0.25) is 5.91 Å². The Morgan fingerprint density at radius 3 is 2.87 bits per heavy atom. The van der Waals surface area contributed by atoms with E-state index in [1.165, 1.54) is 11.3 Å². The molecule has 7 heteroatoms. The largest absolute Gasteiger partial charge is 0.366 e. The maximum Gasteiger partial charge on any atom is 0.261 e. The number of aromatic nitrogens is 2. The molecule has 3 rings (SSSR count). The first kappa shape index (κ1) is 15.0. The molecule has 6 nitrogen and oxygen atoms in total. The highest BCUT2D eigenvalue weighted by molar-refractivity contribution is 7.17. The molecule has 0 aliphatic heterocycles. The van der Waals surface area contributed by atoms with Gasteiger partial charge in [-0.3, -0.25) is 14.7 Å². The molecule has 0 fully saturated rings. The van der Waals surface area contributed by atoms with Crippen molar-refractivity contribution in [2.45, 2.75) is 6.54 Å². The van der Waals surface area contributed by atoms with Gasteiger partial charge < -0.3 is 11.1 Å². The van der Waals surface area contributed by atoms with E-state index in [4.69, 9.17) is 5.73 Å². The Morgan fingerprint density at radius 1 is 1.26 bits per heavy atom. The van der Waals surface area contributed by atoms with Gasteiger partial charge in [0.1, 0.15) is 0 Å². The second kappa shape index (κ2) is 6.45. The van der Waals surface area contributed by atoms with E-state index in [0.717, 1.165) is 16.0 Å². The molecule has 0 bridgehead atoms. The minimum absolute atomic E-state index is 0.158. The van der Waals surface area contributed by atoms with Gasteiger partial charge in [0.15, 0.2) is 0 Å². The molecule has 1 aromatic carbocycles. The first-order valence-electron chi connectivity index (χ1n) is 6.89. The van der Waals surface area contributed by atoms with Crippen LogP contribution in [-0.4, -0.2) is 22.0 Å². The Bertz CT molecular complexity index is 839. The lowest BCUT2D eigenvalue weighted by Gasteiger charge is -2.05. The van der Waals surface area contributed by atoms with E-state index in [1.807, 2.05) is 12.1 Å². The Morgan fingerprint density at radius 2 is 2.13 bits per heavy atom. The number of H-pyrrole nitrogens is 1. The summed E-state index contributed by atoms with van der Waals surface area (Å²) in [5, 5.41) is 9.48. The number of aromatic amines is 1. The predicted molar refractivity (Wildman–Crippen MR) is 88.0 cm³/mol. The van der Waals surface area contributed by atoms with Crippen LogP contribution in [0.4, 0.5) is 0 Å². The number of thiophene rings is 1. The maximum absolute atomic E-state index is 12.2. The highest BCUT2D eigenvalue weighted by Gasteiger charge is 2.11. The molecule has 2 heterocycles. The van der Waals surface area contributed by atoms with E-state index in [1.54, 1.807) is 36.7 Å². The van der Waals surface area contributed by atoms with E-state index in [-0.39, 0.29) is 5.91 Å². The molecule has 4 N–H and O–H groups in total. The second-order valence-corrected chi connectivity index (χ2v) is 5.98. The smallest absolute Gasteiger partial charge is 0.261 e. The van der Waals surface area contributed by atoms with E-state index in [9.17, 15) is 9.59 Å². The monoisotopic (exact) mass is 326 g/mol. The van der Waals surface area contributed by atoms with E-state index in [2.05, 4.69) is 15.5 Å². The molecule has 116 valence electrons. The molecule has 0 saturated carbocycles. The standard InChI is InChI=1S/C16H14N4O2S/c17-15(21)11-3-1-2-10(6-11)7-18-16(22)14-5-4-13(23-14)12-8-19-20-9-12/h1-6,8-9H,7H2,(H2,17,21)(H,18,22)(H,19,20). The number of amides is 2. The third kappa shape index (κ3) is 3.46. The zero-order valence-electron chi connectivity index (χ0n) is 12.1. The van der Waals surface area contributed by atoms with E-state index < -0.39 is 5.91 Å². The third-order valence-corrected chi connectivity index (χ3v) is 4.41. The maximum atomic E-state index is 12.2. The van der Waals surface area contributed by atoms with Gasteiger partial charge in [-0.15, -0.1) is 11.3 Å². The van der Waals surface area contributed by atoms with Gasteiger partial charge in [-0.25, -0.2) is 0 Å². The average Bonchev–Trinajstić information content (AvgIpc) is 3.23. The van der Waals surface area contributed by atoms with Gasteiger partial charge in [-0.05, 0) is 29.8 Å². The topological polar surface area (TPSA) is 101 Å². The minimum atomic E-state index is -0.485. The Labute approximate surface area is 136 Å². The summed E-state index contributed by atoms with van der Waals surface area (Å²) in [4.78, 5) is 25.0. The van der Waals surface area contributed by atoms with Crippen LogP contribution in [0.15, 0.2) is 48.8 Å². The molecule has 0 aliphatic carbocycles. The molecular formula is C16H14N4O2S. The molecule has 3 aromatic rings. The van der Waals surface area contributed by atoms with Gasteiger partial charge >= 0.3 is 0 Å². The number of carbonyl (C=O) groups is 2. The summed E-state index contributed by atoms with van der Waals surface area (Å²) < 4.78 is 0. The normalized spacial score (nSPS) is 10.4. The molecule has 0 saturated heterocycles. The van der Waals surface area contributed by atoms with E-state index in [0.29, 0.717) is 17.0 Å². The highest BCUT2D eigenvalue weighted by Crippen LogP contribution is 2.27. The third-order valence-electron chi connectivity index (χ3n) is 3.28. The van der Waals surface area contributed by atoms with Crippen LogP contribution in [0, 0.1) is 0 Å². The van der Waals surface area contributed by atoms with Gasteiger partial charge in [-0.1, -0.05) is 12.1 Å². The van der Waals surface area contributed by atoms with Gasteiger partial charge in [0, 0.05) is 28.7 Å². The average molecular weight is 326 g/mol. The minimum Gasteiger partial charge on any atom is -0.366 e. The Balaban J connectivity index is 1.66. The number of nitrogens with two attached hydrogens (primary N) is 1. The summed E-state index contributed by atoms with van der Waals surface area (Å²) in [5.74, 6) is -0.643. The quantitative estimate of drug-likeness (QED) is 0.669. The summed E-state index contributed by atoms with van der Waals surface area (Å²) in [6.07, 6.45) is 3.49. The number of nitrogens with zero attached hydrogens (tertiary/aromatic N) is 1. The van der Waals surface area contributed by atoms with Gasteiger partial charge in [-0.2, -0.15) is 5.10 Å². The van der Waals surface area contributed by atoms with Gasteiger partial charge in [0.05, 0.1) is 11.1 Å². The first-order valence-corrected chi connectivity index (χ1v) is 7.71. The van der Waals surface area contributed by atoms with Crippen molar-refractivity contribution in [3.05, 3.63) is 64.8 Å². The fraction of sp³-hybridized carbons (Fsp3) is 0.0625. The van der Waals surface area contributed by atoms with Crippen molar-refractivity contribution < 1.29 is 9.59 Å². The van der Waals surface area contributed by atoms with Crippen LogP contribution in [0.1, 0.15) is 25.6 Å². The van der Waals surface area contributed by atoms with Crippen LogP contribution >= 0.6 is 11.3 Å². The molecular weight excluding hydrogens is 312 g/mol. The van der Waals surface area contributed by atoms with Crippen LogP contribution in [0.2, 0.25) is 0 Å². The number of nitrogens with one attached hydrogen (secondary N) is 2. The molecule has 0 atom stereocenters. The van der Waals surface area contributed by atoms with Crippen molar-refractivity contribution in [3.8, 4) is 10.4 Å². The lowest BCUT2D eigenvalue weighted by atomic mass is 10.1. The van der Waals surface area contributed by atoms with Crippen LogP contribution in [0.5, 0.6) is 0 Å². The molecule has 0 unspecified atom stereocenters. The number of rotatable bonds is 5. The Kier molecular flexibility index (Phi) is 4.20. The summed E-state index contributed by atoms with van der Waals surface area (Å²) in [7, 11) is 0. The predicted octanol–water partition coefficient (Wildman–Crippen LogP) is 2.17. The van der Waals surface area contributed by atoms with Crippen molar-refractivity contribution in [1.82, 2.24) is 15.5 Å². The van der Waals surface area contributed by atoms with Crippen molar-refractivity contribution in [1.29, 1.82) is 0 Å². The molecule has 23 heavy (non-hydrogen) atoms. The first-order chi connectivity index (χ1) is 11.1. The number of carbonyl (C=O) groups excluding carboxylic acids is 2. The summed E-state index contributed by atoms with van der Waals surface area (Å²) in [5.41, 5.74) is 7.44. The van der Waals surface area contributed by atoms with Crippen LogP contribution < -0.4 is 11.1 Å². The molecule has 2 aromatic heterocycles. The summed E-state index contributed by atoms with van der Waals surface area (Å²) >= 11 is 1.40. The lowest BCUT2D eigenvalue weighted by molar-refractivity contribution is 0.0954. The zero-order chi connectivity index (χ0) is 16.2. The number of benzene rings is 1. The summed E-state index contributed by atoms with van der Waals surface area (Å²) in [6.45, 7) is 0.332. The van der Waals surface area contributed by atoms with Crippen molar-refractivity contribution in [2.75, 3.05) is 0 Å². The summed E-state index contributed by atoms with van der Waals surface area (Å²) in [6, 6.07) is 10.6. The molecule has 0 radical (unpaired) electrons. The molecule has 0 aliphatic rings. The van der Waals surface area contributed by atoms with E-state index >= 15 is 0 Å². The lowest BCUT2D eigenvalue weighted by Crippen LogP contribution is -2.22. The van der Waals surface area contributed by atoms with Crippen LogP contribution in [-0.2, 0) is 6.54 Å².